The van der Waals surface area contributed by atoms with Crippen LogP contribution in [0, 0.1) is 0 Å². The summed E-state index contributed by atoms with van der Waals surface area (Å²) in [5, 5.41) is 3.49. The van der Waals surface area contributed by atoms with Gasteiger partial charge in [0.1, 0.15) is 11.6 Å². The summed E-state index contributed by atoms with van der Waals surface area (Å²) in [6, 6.07) is 14.5. The molecule has 0 aliphatic heterocycles. The minimum atomic E-state index is -4.87. The van der Waals surface area contributed by atoms with Crippen molar-refractivity contribution in [3.8, 4) is 5.75 Å². The number of halogens is 3. The Morgan fingerprint density at radius 3 is 2.40 bits per heavy atom. The van der Waals surface area contributed by atoms with Gasteiger partial charge in [0.05, 0.1) is 10.4 Å². The molecule has 158 valence electrons. The third-order valence-electron chi connectivity index (χ3n) is 3.88. The van der Waals surface area contributed by atoms with Crippen LogP contribution in [0.1, 0.15) is 6.42 Å². The smallest absolute Gasteiger partial charge is 0.406 e. The van der Waals surface area contributed by atoms with Crippen LogP contribution in [-0.2, 0) is 14.8 Å². The number of para-hydroxylation sites is 1. The van der Waals surface area contributed by atoms with E-state index in [1.807, 2.05) is 18.2 Å². The first-order chi connectivity index (χ1) is 14.1. The number of carbonyl (C=O) groups excluding carboxylic acids is 1. The maximum Gasteiger partial charge on any atom is 0.573 e. The van der Waals surface area contributed by atoms with E-state index in [0.29, 0.717) is 11.3 Å². The maximum absolute atomic E-state index is 12.2. The molecule has 0 saturated carbocycles. The van der Waals surface area contributed by atoms with Crippen molar-refractivity contribution in [1.82, 2.24) is 9.71 Å². The highest BCUT2D eigenvalue weighted by atomic mass is 32.2. The zero-order valence-corrected chi connectivity index (χ0v) is 16.1. The molecule has 3 aromatic rings. The summed E-state index contributed by atoms with van der Waals surface area (Å²) in [5.74, 6) is -0.653. The lowest BCUT2D eigenvalue weighted by molar-refractivity contribution is -0.274. The molecule has 0 aliphatic rings. The molecule has 2 N–H and O–H groups in total. The van der Waals surface area contributed by atoms with E-state index in [1.165, 1.54) is 0 Å². The molecule has 0 spiro atoms. The molecular weight excluding hydrogens is 423 g/mol. The van der Waals surface area contributed by atoms with E-state index in [9.17, 15) is 26.4 Å². The van der Waals surface area contributed by atoms with Crippen molar-refractivity contribution in [3.05, 3.63) is 60.7 Å². The molecule has 0 fully saturated rings. The van der Waals surface area contributed by atoms with E-state index in [0.717, 1.165) is 29.7 Å². The minimum absolute atomic E-state index is 0.164. The first kappa shape index (κ1) is 21.5. The highest BCUT2D eigenvalue weighted by molar-refractivity contribution is 7.89. The number of fused-ring (bicyclic) bond motifs is 1. The second kappa shape index (κ2) is 8.67. The van der Waals surface area contributed by atoms with Crippen LogP contribution in [0.4, 0.5) is 19.0 Å². The zero-order chi connectivity index (χ0) is 21.8. The molecule has 0 bridgehead atoms. The van der Waals surface area contributed by atoms with Crippen LogP contribution in [0.5, 0.6) is 5.75 Å². The number of anilines is 1. The summed E-state index contributed by atoms with van der Waals surface area (Å²) in [7, 11) is -4.00. The van der Waals surface area contributed by atoms with Crippen molar-refractivity contribution in [3.63, 3.8) is 0 Å². The topological polar surface area (TPSA) is 97.4 Å². The second-order valence-electron chi connectivity index (χ2n) is 6.10. The Kier molecular flexibility index (Phi) is 6.22. The van der Waals surface area contributed by atoms with E-state index in [2.05, 4.69) is 19.8 Å². The summed E-state index contributed by atoms with van der Waals surface area (Å²) in [5.41, 5.74) is 0.703. The number of alkyl halides is 3. The Morgan fingerprint density at radius 2 is 1.70 bits per heavy atom. The summed E-state index contributed by atoms with van der Waals surface area (Å²) < 4.78 is 66.8. The SMILES string of the molecule is O=C(CCNS(=O)(=O)c1ccc(OC(F)(F)F)cc1)Nc1ccc2ccccc2n1. The van der Waals surface area contributed by atoms with Gasteiger partial charge < -0.3 is 10.1 Å². The van der Waals surface area contributed by atoms with Gasteiger partial charge in [0, 0.05) is 18.4 Å². The van der Waals surface area contributed by atoms with Crippen molar-refractivity contribution < 1.29 is 31.1 Å². The third-order valence-corrected chi connectivity index (χ3v) is 5.35. The van der Waals surface area contributed by atoms with E-state index in [-0.39, 0.29) is 17.9 Å². The van der Waals surface area contributed by atoms with Crippen molar-refractivity contribution in [2.24, 2.45) is 0 Å². The number of carbonyl (C=O) groups is 1. The Hall–Kier alpha value is -3.18. The molecule has 2 aromatic carbocycles. The number of nitrogens with zero attached hydrogens (tertiary/aromatic N) is 1. The normalized spacial score (nSPS) is 12.0. The van der Waals surface area contributed by atoms with Crippen molar-refractivity contribution in [2.75, 3.05) is 11.9 Å². The van der Waals surface area contributed by atoms with Crippen molar-refractivity contribution >= 4 is 32.7 Å². The molecule has 0 radical (unpaired) electrons. The van der Waals surface area contributed by atoms with Crippen LogP contribution in [0.2, 0.25) is 0 Å². The summed E-state index contributed by atoms with van der Waals surface area (Å²) in [4.78, 5) is 16.1. The molecule has 30 heavy (non-hydrogen) atoms. The lowest BCUT2D eigenvalue weighted by Gasteiger charge is -2.10. The molecule has 3 rings (SSSR count). The Morgan fingerprint density at radius 1 is 1.00 bits per heavy atom. The monoisotopic (exact) mass is 439 g/mol. The molecule has 1 amide bonds. The highest BCUT2D eigenvalue weighted by Gasteiger charge is 2.31. The second-order valence-corrected chi connectivity index (χ2v) is 7.87. The number of hydrogen-bond acceptors (Lipinski definition) is 5. The number of hydrogen-bond donors (Lipinski definition) is 2. The first-order valence-corrected chi connectivity index (χ1v) is 10.1. The largest absolute Gasteiger partial charge is 0.573 e. The number of amides is 1. The fourth-order valence-corrected chi connectivity index (χ4v) is 3.58. The molecule has 0 saturated heterocycles. The lowest BCUT2D eigenvalue weighted by Crippen LogP contribution is -2.28. The molecule has 11 heteroatoms. The maximum atomic E-state index is 12.2. The molecule has 7 nitrogen and oxygen atoms in total. The Labute approximate surface area is 169 Å². The number of ether oxygens (including phenoxy) is 1. The Bertz CT molecular complexity index is 1150. The minimum Gasteiger partial charge on any atom is -0.406 e. The number of aromatic nitrogens is 1. The predicted molar refractivity (Wildman–Crippen MR) is 103 cm³/mol. The van der Waals surface area contributed by atoms with Gasteiger partial charge in [-0.15, -0.1) is 13.2 Å². The quantitative estimate of drug-likeness (QED) is 0.588. The van der Waals surface area contributed by atoms with Gasteiger partial charge >= 0.3 is 6.36 Å². The van der Waals surface area contributed by atoms with Crippen LogP contribution in [0.3, 0.4) is 0 Å². The number of nitrogens with one attached hydrogen (secondary N) is 2. The summed E-state index contributed by atoms with van der Waals surface area (Å²) >= 11 is 0. The molecule has 1 heterocycles. The average Bonchev–Trinajstić information content (AvgIpc) is 2.67. The first-order valence-electron chi connectivity index (χ1n) is 8.63. The molecule has 0 aliphatic carbocycles. The fourth-order valence-electron chi connectivity index (χ4n) is 2.54. The molecule has 1 aromatic heterocycles. The molecule has 0 atom stereocenters. The van der Waals surface area contributed by atoms with E-state index < -0.39 is 28.0 Å². The number of pyridine rings is 1. The van der Waals surface area contributed by atoms with Gasteiger partial charge in [-0.05, 0) is 42.5 Å². The number of sulfonamides is 1. The van der Waals surface area contributed by atoms with Crippen LogP contribution in [-0.4, -0.2) is 32.2 Å². The zero-order valence-electron chi connectivity index (χ0n) is 15.3. The number of rotatable bonds is 7. The van der Waals surface area contributed by atoms with Crippen LogP contribution in [0.15, 0.2) is 65.6 Å². The van der Waals surface area contributed by atoms with Gasteiger partial charge in [-0.1, -0.05) is 18.2 Å². The Balaban J connectivity index is 1.53. The van der Waals surface area contributed by atoms with Crippen LogP contribution >= 0.6 is 0 Å². The van der Waals surface area contributed by atoms with Gasteiger partial charge in [0.2, 0.25) is 15.9 Å². The summed E-state index contributed by atoms with van der Waals surface area (Å²) in [6.07, 6.45) is -5.03. The lowest BCUT2D eigenvalue weighted by atomic mass is 10.2. The van der Waals surface area contributed by atoms with Gasteiger partial charge in [0.15, 0.2) is 0 Å². The highest BCUT2D eigenvalue weighted by Crippen LogP contribution is 2.23. The van der Waals surface area contributed by atoms with Gasteiger partial charge in [0.25, 0.3) is 0 Å². The summed E-state index contributed by atoms with van der Waals surface area (Å²) in [6.45, 7) is -0.206. The van der Waals surface area contributed by atoms with Crippen molar-refractivity contribution in [1.29, 1.82) is 0 Å². The number of benzene rings is 2. The van der Waals surface area contributed by atoms with E-state index in [1.54, 1.807) is 18.2 Å². The van der Waals surface area contributed by atoms with Crippen molar-refractivity contribution in [2.45, 2.75) is 17.7 Å². The van der Waals surface area contributed by atoms with Crippen LogP contribution in [0.25, 0.3) is 10.9 Å². The van der Waals surface area contributed by atoms with Gasteiger partial charge in [-0.2, -0.15) is 0 Å². The van der Waals surface area contributed by atoms with E-state index >= 15 is 0 Å². The molecular formula is C19H16F3N3O4S. The molecule has 0 unspecified atom stereocenters. The van der Waals surface area contributed by atoms with Gasteiger partial charge in [-0.3, -0.25) is 4.79 Å². The van der Waals surface area contributed by atoms with Gasteiger partial charge in [-0.25, -0.2) is 18.1 Å². The average molecular weight is 439 g/mol. The standard InChI is InChI=1S/C19H16F3N3O4S/c20-19(21,22)29-14-6-8-15(9-7-14)30(27,28)23-12-11-18(26)25-17-10-5-13-3-1-2-4-16(13)24-17/h1-10,23H,11-12H2,(H,24,25,26). The predicted octanol–water partition coefficient (Wildman–Crippen LogP) is 3.44. The fraction of sp³-hybridized carbons (Fsp3) is 0.158. The van der Waals surface area contributed by atoms with E-state index in [4.69, 9.17) is 0 Å². The third kappa shape index (κ3) is 5.91. The van der Waals surface area contributed by atoms with Crippen LogP contribution < -0.4 is 14.8 Å².